The Kier molecular flexibility index (Phi) is 4.82. The van der Waals surface area contributed by atoms with E-state index >= 15 is 0 Å². The lowest BCUT2D eigenvalue weighted by molar-refractivity contribution is -0.124. The molecule has 3 atom stereocenters. The van der Waals surface area contributed by atoms with Crippen LogP contribution in [-0.4, -0.2) is 47.0 Å². The van der Waals surface area contributed by atoms with E-state index in [-0.39, 0.29) is 24.3 Å². The van der Waals surface area contributed by atoms with E-state index < -0.39 is 11.6 Å². The normalized spacial score (nSPS) is 26.5. The summed E-state index contributed by atoms with van der Waals surface area (Å²) in [6.07, 6.45) is 0.573. The summed E-state index contributed by atoms with van der Waals surface area (Å²) in [4.78, 5) is 12.0. The summed E-state index contributed by atoms with van der Waals surface area (Å²) in [6.45, 7) is 2.42. The Bertz CT molecular complexity index is 491. The van der Waals surface area contributed by atoms with E-state index in [9.17, 15) is 15.0 Å². The van der Waals surface area contributed by atoms with Crippen LogP contribution in [0.2, 0.25) is 0 Å². The summed E-state index contributed by atoms with van der Waals surface area (Å²) in [7, 11) is 0. The number of amides is 1. The Hall–Kier alpha value is -1.63. The van der Waals surface area contributed by atoms with Crippen molar-refractivity contribution in [1.29, 1.82) is 0 Å². The number of phenols is 1. The maximum Gasteiger partial charge on any atom is 0.237 e. The van der Waals surface area contributed by atoms with Gasteiger partial charge in [-0.05, 0) is 31.0 Å². The van der Waals surface area contributed by atoms with Gasteiger partial charge in [-0.2, -0.15) is 0 Å². The zero-order chi connectivity index (χ0) is 15.5. The minimum absolute atomic E-state index is 0.135. The van der Waals surface area contributed by atoms with Crippen molar-refractivity contribution in [3.63, 3.8) is 0 Å². The van der Waals surface area contributed by atoms with E-state index in [1.54, 1.807) is 31.2 Å². The van der Waals surface area contributed by atoms with Gasteiger partial charge in [-0.1, -0.05) is 12.1 Å². The summed E-state index contributed by atoms with van der Waals surface area (Å²) in [5.41, 5.74) is 5.71. The van der Waals surface area contributed by atoms with Crippen molar-refractivity contribution in [2.24, 2.45) is 5.73 Å². The van der Waals surface area contributed by atoms with E-state index in [0.29, 0.717) is 19.4 Å². The molecule has 116 valence electrons. The van der Waals surface area contributed by atoms with Crippen LogP contribution in [0.3, 0.4) is 0 Å². The fraction of sp³-hybridized carbons (Fsp3) is 0.533. The van der Waals surface area contributed by atoms with E-state index in [0.717, 1.165) is 5.56 Å². The maximum atomic E-state index is 12.0. The third-order valence-corrected chi connectivity index (χ3v) is 3.96. The number of rotatable bonds is 5. The second kappa shape index (κ2) is 6.43. The highest BCUT2D eigenvalue weighted by Gasteiger charge is 2.39. The van der Waals surface area contributed by atoms with E-state index in [2.05, 4.69) is 5.32 Å². The summed E-state index contributed by atoms with van der Waals surface area (Å²) >= 11 is 0. The number of nitrogens with two attached hydrogens (primary N) is 1. The van der Waals surface area contributed by atoms with Gasteiger partial charge in [0.15, 0.2) is 0 Å². The van der Waals surface area contributed by atoms with Crippen molar-refractivity contribution in [2.75, 3.05) is 13.2 Å². The average Bonchev–Trinajstić information content (AvgIpc) is 2.79. The van der Waals surface area contributed by atoms with Crippen LogP contribution >= 0.6 is 0 Å². The minimum atomic E-state index is -1.02. The Morgan fingerprint density at radius 3 is 2.76 bits per heavy atom. The number of nitrogens with one attached hydrogen (secondary N) is 1. The van der Waals surface area contributed by atoms with Crippen LogP contribution in [0.15, 0.2) is 24.3 Å². The van der Waals surface area contributed by atoms with Gasteiger partial charge >= 0.3 is 0 Å². The first-order chi connectivity index (χ1) is 9.90. The monoisotopic (exact) mass is 294 g/mol. The molecule has 1 heterocycles. The van der Waals surface area contributed by atoms with Crippen molar-refractivity contribution < 1.29 is 19.7 Å². The number of aliphatic hydroxyl groups is 1. The molecule has 3 unspecified atom stereocenters. The lowest BCUT2D eigenvalue weighted by Gasteiger charge is -2.26. The van der Waals surface area contributed by atoms with Crippen LogP contribution in [0.4, 0.5) is 0 Å². The Balaban J connectivity index is 1.84. The molecule has 1 amide bonds. The Morgan fingerprint density at radius 2 is 2.19 bits per heavy atom. The zero-order valence-electron chi connectivity index (χ0n) is 12.1. The number of hydrogen-bond acceptors (Lipinski definition) is 5. The lowest BCUT2D eigenvalue weighted by atomic mass is 9.96. The fourth-order valence-corrected chi connectivity index (χ4v) is 2.35. The number of ether oxygens (including phenoxy) is 1. The van der Waals surface area contributed by atoms with Gasteiger partial charge in [0, 0.05) is 19.6 Å². The molecule has 0 radical (unpaired) electrons. The quantitative estimate of drug-likeness (QED) is 0.608. The minimum Gasteiger partial charge on any atom is -0.508 e. The number of hydrogen-bond donors (Lipinski definition) is 4. The number of carbonyl (C=O) groups is 1. The van der Waals surface area contributed by atoms with Gasteiger partial charge in [-0.3, -0.25) is 4.79 Å². The van der Waals surface area contributed by atoms with Crippen LogP contribution in [-0.2, 0) is 16.0 Å². The number of carbonyl (C=O) groups excluding carboxylic acids is 1. The highest BCUT2D eigenvalue weighted by atomic mass is 16.5. The summed E-state index contributed by atoms with van der Waals surface area (Å²) in [6, 6.07) is 5.86. The topological polar surface area (TPSA) is 105 Å². The lowest BCUT2D eigenvalue weighted by Crippen LogP contribution is -2.51. The molecule has 1 aliphatic rings. The molecular weight excluding hydrogens is 272 g/mol. The molecule has 0 aliphatic carbocycles. The van der Waals surface area contributed by atoms with Gasteiger partial charge < -0.3 is 26.0 Å². The average molecular weight is 294 g/mol. The molecule has 0 bridgehead atoms. The Labute approximate surface area is 123 Å². The number of aromatic hydroxyl groups is 1. The second-order valence-electron chi connectivity index (χ2n) is 5.56. The highest BCUT2D eigenvalue weighted by Crippen LogP contribution is 2.24. The van der Waals surface area contributed by atoms with Crippen LogP contribution in [0, 0.1) is 0 Å². The van der Waals surface area contributed by atoms with Gasteiger partial charge in [0.1, 0.15) is 11.4 Å². The van der Waals surface area contributed by atoms with Gasteiger partial charge in [0.25, 0.3) is 0 Å². The molecule has 1 saturated heterocycles. The molecule has 6 heteroatoms. The van der Waals surface area contributed by atoms with Crippen molar-refractivity contribution in [2.45, 2.75) is 37.5 Å². The van der Waals surface area contributed by atoms with Gasteiger partial charge in [0.2, 0.25) is 5.91 Å². The molecule has 6 nitrogen and oxygen atoms in total. The zero-order valence-corrected chi connectivity index (χ0v) is 12.1. The first-order valence-corrected chi connectivity index (χ1v) is 7.06. The Morgan fingerprint density at radius 1 is 1.52 bits per heavy atom. The standard InChI is InChI=1S/C15H22N2O4/c1-10-15(20,6-7-21-10)9-17-14(19)13(16)8-11-2-4-12(18)5-3-11/h2-5,10,13,18,20H,6-9,16H2,1H3,(H,17,19). The number of phenolic OH excluding ortho intramolecular Hbond substituents is 1. The first-order valence-electron chi connectivity index (χ1n) is 7.06. The highest BCUT2D eigenvalue weighted by molar-refractivity contribution is 5.81. The van der Waals surface area contributed by atoms with Crippen molar-refractivity contribution in [3.8, 4) is 5.75 Å². The molecule has 0 saturated carbocycles. The summed E-state index contributed by atoms with van der Waals surface area (Å²) in [5.74, 6) is -0.134. The van der Waals surface area contributed by atoms with Crippen molar-refractivity contribution in [1.82, 2.24) is 5.32 Å². The van der Waals surface area contributed by atoms with E-state index in [1.807, 2.05) is 0 Å². The molecule has 0 spiro atoms. The smallest absolute Gasteiger partial charge is 0.237 e. The third-order valence-electron chi connectivity index (χ3n) is 3.96. The molecule has 1 aromatic carbocycles. The van der Waals surface area contributed by atoms with Crippen LogP contribution in [0.1, 0.15) is 18.9 Å². The van der Waals surface area contributed by atoms with Crippen LogP contribution < -0.4 is 11.1 Å². The van der Waals surface area contributed by atoms with Crippen molar-refractivity contribution in [3.05, 3.63) is 29.8 Å². The molecule has 21 heavy (non-hydrogen) atoms. The van der Waals surface area contributed by atoms with Gasteiger partial charge in [0.05, 0.1) is 12.1 Å². The molecule has 0 aromatic heterocycles. The molecular formula is C15H22N2O4. The largest absolute Gasteiger partial charge is 0.508 e. The second-order valence-corrected chi connectivity index (χ2v) is 5.56. The predicted molar refractivity (Wildman–Crippen MR) is 77.8 cm³/mol. The van der Waals surface area contributed by atoms with Crippen molar-refractivity contribution >= 4 is 5.91 Å². The predicted octanol–water partition coefficient (Wildman–Crippen LogP) is -0.0819. The molecule has 2 rings (SSSR count). The number of benzene rings is 1. The van der Waals surface area contributed by atoms with Crippen LogP contribution in [0.5, 0.6) is 5.75 Å². The van der Waals surface area contributed by atoms with Gasteiger partial charge in [-0.15, -0.1) is 0 Å². The maximum absolute atomic E-state index is 12.0. The molecule has 5 N–H and O–H groups in total. The van der Waals surface area contributed by atoms with Crippen LogP contribution in [0.25, 0.3) is 0 Å². The summed E-state index contributed by atoms with van der Waals surface area (Å²) < 4.78 is 5.31. The van der Waals surface area contributed by atoms with E-state index in [1.165, 1.54) is 0 Å². The first kappa shape index (κ1) is 15.8. The van der Waals surface area contributed by atoms with E-state index in [4.69, 9.17) is 10.5 Å². The summed E-state index contributed by atoms with van der Waals surface area (Å²) in [5, 5.41) is 22.2. The molecule has 1 fully saturated rings. The molecule has 1 aliphatic heterocycles. The fourth-order valence-electron chi connectivity index (χ4n) is 2.35. The third kappa shape index (κ3) is 3.93. The van der Waals surface area contributed by atoms with Gasteiger partial charge in [-0.25, -0.2) is 0 Å². The molecule has 1 aromatic rings. The SMILES string of the molecule is CC1OCCC1(O)CNC(=O)C(N)Cc1ccc(O)cc1.